The predicted molar refractivity (Wildman–Crippen MR) is 39.9 cm³/mol. The summed E-state index contributed by atoms with van der Waals surface area (Å²) in [6, 6.07) is 1.63. The van der Waals surface area contributed by atoms with Gasteiger partial charge in [-0.2, -0.15) is 0 Å². The van der Waals surface area contributed by atoms with Crippen LogP contribution >= 0.6 is 0 Å². The van der Waals surface area contributed by atoms with Crippen LogP contribution in [0, 0.1) is 5.92 Å². The Hall–Kier alpha value is -0.0800. The second kappa shape index (κ2) is 2.21. The molecular weight excluding hydrogens is 126 g/mol. The van der Waals surface area contributed by atoms with Crippen LogP contribution in [0.4, 0.5) is 0 Å². The van der Waals surface area contributed by atoms with Gasteiger partial charge in [0.05, 0.1) is 6.61 Å². The number of methoxy groups -OCH3 is 1. The second-order valence-corrected chi connectivity index (χ2v) is 3.57. The summed E-state index contributed by atoms with van der Waals surface area (Å²) in [4.78, 5) is 2.48. The fourth-order valence-electron chi connectivity index (χ4n) is 2.15. The third-order valence-electron chi connectivity index (χ3n) is 2.92. The van der Waals surface area contributed by atoms with Crippen LogP contribution < -0.4 is 0 Å². The summed E-state index contributed by atoms with van der Waals surface area (Å²) in [7, 11) is 4.01. The SMILES string of the molecule is COC[C@H]1C[C@H]2CC2N1C. The molecule has 2 rings (SSSR count). The van der Waals surface area contributed by atoms with Crippen molar-refractivity contribution in [1.82, 2.24) is 4.90 Å². The minimum atomic E-state index is 0.716. The van der Waals surface area contributed by atoms with Crippen LogP contribution in [-0.4, -0.2) is 37.7 Å². The molecule has 0 aromatic rings. The first kappa shape index (κ1) is 6.62. The summed E-state index contributed by atoms with van der Waals surface area (Å²) in [5, 5.41) is 0. The van der Waals surface area contributed by atoms with Crippen LogP contribution in [0.25, 0.3) is 0 Å². The Morgan fingerprint density at radius 2 is 2.30 bits per heavy atom. The zero-order valence-corrected chi connectivity index (χ0v) is 6.71. The van der Waals surface area contributed by atoms with Gasteiger partial charge in [-0.3, -0.25) is 4.90 Å². The third kappa shape index (κ3) is 0.867. The van der Waals surface area contributed by atoms with Crippen molar-refractivity contribution in [2.24, 2.45) is 5.92 Å². The monoisotopic (exact) mass is 141 g/mol. The predicted octanol–water partition coefficient (Wildman–Crippen LogP) is 0.725. The number of piperidine rings is 1. The van der Waals surface area contributed by atoms with Crippen LogP contribution in [0.1, 0.15) is 12.8 Å². The Balaban J connectivity index is 1.88. The molecule has 0 radical (unpaired) electrons. The minimum absolute atomic E-state index is 0.716. The molecule has 0 spiro atoms. The van der Waals surface area contributed by atoms with Gasteiger partial charge in [0.1, 0.15) is 0 Å². The van der Waals surface area contributed by atoms with Gasteiger partial charge in [0, 0.05) is 19.2 Å². The van der Waals surface area contributed by atoms with Crippen molar-refractivity contribution in [3.05, 3.63) is 0 Å². The summed E-state index contributed by atoms with van der Waals surface area (Å²) in [5.41, 5.74) is 0. The van der Waals surface area contributed by atoms with E-state index < -0.39 is 0 Å². The normalized spacial score (nSPS) is 45.6. The van der Waals surface area contributed by atoms with Gasteiger partial charge >= 0.3 is 0 Å². The van der Waals surface area contributed by atoms with Crippen molar-refractivity contribution in [3.63, 3.8) is 0 Å². The van der Waals surface area contributed by atoms with Gasteiger partial charge < -0.3 is 4.74 Å². The number of hydrogen-bond donors (Lipinski definition) is 0. The van der Waals surface area contributed by atoms with Gasteiger partial charge in [-0.15, -0.1) is 0 Å². The van der Waals surface area contributed by atoms with E-state index in [-0.39, 0.29) is 0 Å². The largest absolute Gasteiger partial charge is 0.383 e. The van der Waals surface area contributed by atoms with Crippen molar-refractivity contribution in [1.29, 1.82) is 0 Å². The molecule has 2 aliphatic rings. The van der Waals surface area contributed by atoms with Crippen molar-refractivity contribution in [2.45, 2.75) is 24.9 Å². The van der Waals surface area contributed by atoms with Gasteiger partial charge in [-0.05, 0) is 25.8 Å². The fourth-order valence-corrected chi connectivity index (χ4v) is 2.15. The molecule has 10 heavy (non-hydrogen) atoms. The number of rotatable bonds is 2. The number of nitrogens with zero attached hydrogens (tertiary/aromatic N) is 1. The topological polar surface area (TPSA) is 12.5 Å². The molecule has 1 heterocycles. The molecule has 1 aliphatic heterocycles. The van der Waals surface area contributed by atoms with E-state index in [2.05, 4.69) is 11.9 Å². The number of hydrogen-bond acceptors (Lipinski definition) is 2. The molecule has 0 N–H and O–H groups in total. The lowest BCUT2D eigenvalue weighted by Gasteiger charge is -2.21. The van der Waals surface area contributed by atoms with Crippen LogP contribution in [0.2, 0.25) is 0 Å². The van der Waals surface area contributed by atoms with E-state index in [0.717, 1.165) is 18.6 Å². The highest BCUT2D eigenvalue weighted by atomic mass is 16.5. The van der Waals surface area contributed by atoms with Crippen molar-refractivity contribution in [3.8, 4) is 0 Å². The number of likely N-dealkylation sites (N-methyl/N-ethyl adjacent to an activating group) is 1. The lowest BCUT2D eigenvalue weighted by atomic mass is 10.2. The Morgan fingerprint density at radius 1 is 1.50 bits per heavy atom. The second-order valence-electron chi connectivity index (χ2n) is 3.57. The fraction of sp³-hybridized carbons (Fsp3) is 1.00. The van der Waals surface area contributed by atoms with Crippen LogP contribution in [-0.2, 0) is 4.74 Å². The van der Waals surface area contributed by atoms with Gasteiger partial charge in [0.15, 0.2) is 0 Å². The van der Waals surface area contributed by atoms with E-state index in [1.807, 2.05) is 0 Å². The van der Waals surface area contributed by atoms with Gasteiger partial charge in [-0.1, -0.05) is 0 Å². The molecule has 2 heteroatoms. The Labute approximate surface area is 62.2 Å². The molecule has 3 atom stereocenters. The summed E-state index contributed by atoms with van der Waals surface area (Å²) in [6.45, 7) is 0.920. The molecule has 0 amide bonds. The number of likely N-dealkylation sites (tertiary alicyclic amines) is 1. The molecule has 2 nitrogen and oxygen atoms in total. The Morgan fingerprint density at radius 3 is 2.80 bits per heavy atom. The Bertz CT molecular complexity index is 137. The van der Waals surface area contributed by atoms with E-state index in [1.54, 1.807) is 7.11 Å². The zero-order chi connectivity index (χ0) is 7.14. The molecule has 0 bridgehead atoms. The molecule has 58 valence electrons. The van der Waals surface area contributed by atoms with Crippen LogP contribution in [0.5, 0.6) is 0 Å². The lowest BCUT2D eigenvalue weighted by Crippen LogP contribution is -2.32. The van der Waals surface area contributed by atoms with Crippen molar-refractivity contribution >= 4 is 0 Å². The van der Waals surface area contributed by atoms with Crippen LogP contribution in [0.3, 0.4) is 0 Å². The molecule has 1 saturated heterocycles. The Kier molecular flexibility index (Phi) is 1.46. The van der Waals surface area contributed by atoms with E-state index in [0.29, 0.717) is 6.04 Å². The summed E-state index contributed by atoms with van der Waals surface area (Å²) in [6.07, 6.45) is 2.81. The molecule has 0 aromatic carbocycles. The van der Waals surface area contributed by atoms with Crippen molar-refractivity contribution in [2.75, 3.05) is 20.8 Å². The van der Waals surface area contributed by atoms with E-state index in [1.165, 1.54) is 12.8 Å². The molecule has 1 saturated carbocycles. The van der Waals surface area contributed by atoms with E-state index in [4.69, 9.17) is 4.74 Å². The molecule has 2 fully saturated rings. The highest BCUT2D eigenvalue weighted by molar-refractivity contribution is 5.04. The quantitative estimate of drug-likeness (QED) is 0.562. The number of fused-ring (bicyclic) bond motifs is 1. The summed E-state index contributed by atoms with van der Waals surface area (Å²) >= 11 is 0. The zero-order valence-electron chi connectivity index (χ0n) is 6.71. The summed E-state index contributed by atoms with van der Waals surface area (Å²) in [5.74, 6) is 1.02. The molecule has 1 aliphatic carbocycles. The first-order valence-electron chi connectivity index (χ1n) is 4.04. The molecule has 0 aromatic heterocycles. The van der Waals surface area contributed by atoms with Crippen molar-refractivity contribution < 1.29 is 4.74 Å². The standard InChI is InChI=1S/C8H15NO/c1-9-7(5-10-2)3-6-4-8(6)9/h6-8H,3-5H2,1-2H3/t6-,7+,8?/m0/s1. The first-order chi connectivity index (χ1) is 4.83. The van der Waals surface area contributed by atoms with Gasteiger partial charge in [0.2, 0.25) is 0 Å². The van der Waals surface area contributed by atoms with E-state index in [9.17, 15) is 0 Å². The maximum Gasteiger partial charge on any atom is 0.0618 e. The van der Waals surface area contributed by atoms with Gasteiger partial charge in [0.25, 0.3) is 0 Å². The first-order valence-corrected chi connectivity index (χ1v) is 4.04. The average Bonchev–Trinajstić information content (AvgIpc) is 2.60. The molecular formula is C8H15NO. The summed E-state index contributed by atoms with van der Waals surface area (Å²) < 4.78 is 5.12. The molecule has 1 unspecified atom stereocenters. The van der Waals surface area contributed by atoms with E-state index >= 15 is 0 Å². The minimum Gasteiger partial charge on any atom is -0.383 e. The smallest absolute Gasteiger partial charge is 0.0618 e. The number of ether oxygens (including phenoxy) is 1. The average molecular weight is 141 g/mol. The lowest BCUT2D eigenvalue weighted by molar-refractivity contribution is 0.116. The van der Waals surface area contributed by atoms with Crippen LogP contribution in [0.15, 0.2) is 0 Å². The maximum absolute atomic E-state index is 5.12. The highest BCUT2D eigenvalue weighted by Crippen LogP contribution is 2.46. The maximum atomic E-state index is 5.12. The third-order valence-corrected chi connectivity index (χ3v) is 2.92. The highest BCUT2D eigenvalue weighted by Gasteiger charge is 2.49. The van der Waals surface area contributed by atoms with Gasteiger partial charge in [-0.25, -0.2) is 0 Å².